The predicted octanol–water partition coefficient (Wildman–Crippen LogP) is 3.93. The zero-order valence-corrected chi connectivity index (χ0v) is 11.6. The Bertz CT molecular complexity index is 512. The minimum Gasteiger partial charge on any atom is -0.488 e. The van der Waals surface area contributed by atoms with Crippen molar-refractivity contribution in [1.82, 2.24) is 0 Å². The summed E-state index contributed by atoms with van der Waals surface area (Å²) in [5, 5.41) is 7.57. The molecule has 1 aromatic heterocycles. The zero-order valence-electron chi connectivity index (χ0n) is 9.15. The molecular weight excluding hydrogens is 298 g/mol. The summed E-state index contributed by atoms with van der Waals surface area (Å²) < 4.78 is 7.00. The number of hydrogen-bond acceptors (Lipinski definition) is 3. The molecule has 2 nitrogen and oxygen atoms in total. The number of benzene rings is 1. The lowest BCUT2D eigenvalue weighted by Crippen LogP contribution is -2.23. The molecule has 1 aliphatic rings. The molecule has 0 radical (unpaired) electrons. The quantitative estimate of drug-likeness (QED) is 0.927. The van der Waals surface area contributed by atoms with Crippen molar-refractivity contribution < 1.29 is 4.74 Å². The van der Waals surface area contributed by atoms with E-state index in [9.17, 15) is 0 Å². The number of anilines is 1. The third kappa shape index (κ3) is 2.48. The lowest BCUT2D eigenvalue weighted by molar-refractivity contribution is 0.246. The average Bonchev–Trinajstić information content (AvgIpc) is 2.94. The van der Waals surface area contributed by atoms with E-state index in [0.717, 1.165) is 23.2 Å². The fourth-order valence-electron chi connectivity index (χ4n) is 2.00. The largest absolute Gasteiger partial charge is 0.488 e. The highest BCUT2D eigenvalue weighted by atomic mass is 79.9. The van der Waals surface area contributed by atoms with Gasteiger partial charge in [0.05, 0.1) is 6.54 Å². The van der Waals surface area contributed by atoms with E-state index in [2.05, 4.69) is 44.1 Å². The molecule has 1 unspecified atom stereocenters. The number of ether oxygens (including phenoxy) is 1. The van der Waals surface area contributed by atoms with Crippen molar-refractivity contribution in [3.05, 3.63) is 45.1 Å². The number of nitrogens with one attached hydrogen (secondary N) is 1. The van der Waals surface area contributed by atoms with Gasteiger partial charge in [-0.1, -0.05) is 15.9 Å². The fraction of sp³-hybridized carbons (Fsp3) is 0.231. The highest BCUT2D eigenvalue weighted by Crippen LogP contribution is 2.31. The summed E-state index contributed by atoms with van der Waals surface area (Å²) in [6.45, 7) is 0.850. The van der Waals surface area contributed by atoms with Gasteiger partial charge in [-0.05, 0) is 35.2 Å². The summed E-state index contributed by atoms with van der Waals surface area (Å²) >= 11 is 5.19. The molecule has 0 aliphatic carbocycles. The van der Waals surface area contributed by atoms with Crippen molar-refractivity contribution in [3.63, 3.8) is 0 Å². The van der Waals surface area contributed by atoms with Gasteiger partial charge in [0.25, 0.3) is 0 Å². The van der Waals surface area contributed by atoms with Gasteiger partial charge in [0.15, 0.2) is 0 Å². The van der Waals surface area contributed by atoms with E-state index in [4.69, 9.17) is 4.74 Å². The Hall–Kier alpha value is -1.00. The highest BCUT2D eigenvalue weighted by molar-refractivity contribution is 9.10. The van der Waals surface area contributed by atoms with Gasteiger partial charge in [-0.25, -0.2) is 0 Å². The monoisotopic (exact) mass is 309 g/mol. The lowest BCUT2D eigenvalue weighted by atomic mass is 10.1. The standard InChI is InChI=1S/C13H12BrNOS/c14-10-1-2-13-9(5-10)6-12(16-13)7-15-11-3-4-17-8-11/h1-5,8,12,15H,6-7H2. The molecule has 0 bridgehead atoms. The van der Waals surface area contributed by atoms with E-state index < -0.39 is 0 Å². The van der Waals surface area contributed by atoms with Gasteiger partial charge >= 0.3 is 0 Å². The van der Waals surface area contributed by atoms with Gasteiger partial charge in [0, 0.05) is 22.0 Å². The first kappa shape index (κ1) is 11.1. The summed E-state index contributed by atoms with van der Waals surface area (Å²) in [5.74, 6) is 1.02. The van der Waals surface area contributed by atoms with E-state index in [1.165, 1.54) is 11.3 Å². The Balaban J connectivity index is 1.62. The van der Waals surface area contributed by atoms with Gasteiger partial charge in [-0.15, -0.1) is 0 Å². The summed E-state index contributed by atoms with van der Waals surface area (Å²) in [6, 6.07) is 8.28. The molecule has 1 aromatic carbocycles. The second-order valence-electron chi connectivity index (χ2n) is 4.09. The second-order valence-corrected chi connectivity index (χ2v) is 5.78. The first-order valence-electron chi connectivity index (χ1n) is 5.52. The first-order chi connectivity index (χ1) is 8.31. The van der Waals surface area contributed by atoms with Crippen LogP contribution in [0.25, 0.3) is 0 Å². The Labute approximate surface area is 113 Å². The molecule has 0 saturated heterocycles. The van der Waals surface area contributed by atoms with E-state index in [0.29, 0.717) is 0 Å². The molecular formula is C13H12BrNOS. The van der Waals surface area contributed by atoms with Crippen molar-refractivity contribution in [2.75, 3.05) is 11.9 Å². The lowest BCUT2D eigenvalue weighted by Gasteiger charge is -2.11. The molecule has 2 aromatic rings. The molecule has 0 saturated carbocycles. The molecule has 17 heavy (non-hydrogen) atoms. The van der Waals surface area contributed by atoms with E-state index in [-0.39, 0.29) is 6.10 Å². The molecule has 1 aliphatic heterocycles. The molecule has 1 N–H and O–H groups in total. The van der Waals surface area contributed by atoms with Crippen LogP contribution in [0.2, 0.25) is 0 Å². The smallest absolute Gasteiger partial charge is 0.123 e. The maximum Gasteiger partial charge on any atom is 0.123 e. The van der Waals surface area contributed by atoms with Crippen LogP contribution >= 0.6 is 27.3 Å². The van der Waals surface area contributed by atoms with Crippen LogP contribution in [0.15, 0.2) is 39.5 Å². The summed E-state index contributed by atoms with van der Waals surface area (Å²) in [7, 11) is 0. The van der Waals surface area contributed by atoms with Crippen molar-refractivity contribution in [1.29, 1.82) is 0 Å². The second kappa shape index (κ2) is 4.70. The summed E-state index contributed by atoms with van der Waals surface area (Å²) in [6.07, 6.45) is 1.21. The van der Waals surface area contributed by atoms with Crippen molar-refractivity contribution in [2.45, 2.75) is 12.5 Å². The SMILES string of the molecule is Brc1ccc2c(c1)CC(CNc1ccsc1)O2. The molecule has 2 heterocycles. The maximum atomic E-state index is 5.88. The van der Waals surface area contributed by atoms with Crippen molar-refractivity contribution in [2.24, 2.45) is 0 Å². The topological polar surface area (TPSA) is 21.3 Å². The Morgan fingerprint density at radius 1 is 1.41 bits per heavy atom. The van der Waals surface area contributed by atoms with E-state index in [1.807, 2.05) is 12.1 Å². The van der Waals surface area contributed by atoms with Crippen LogP contribution in [-0.4, -0.2) is 12.6 Å². The van der Waals surface area contributed by atoms with Crippen LogP contribution in [0.3, 0.4) is 0 Å². The van der Waals surface area contributed by atoms with Crippen molar-refractivity contribution >= 4 is 33.0 Å². The van der Waals surface area contributed by atoms with Gasteiger partial charge in [0.2, 0.25) is 0 Å². The molecule has 0 spiro atoms. The van der Waals surface area contributed by atoms with Crippen LogP contribution in [0, 0.1) is 0 Å². The van der Waals surface area contributed by atoms with Crippen LogP contribution in [0.5, 0.6) is 5.75 Å². The number of halogens is 1. The Morgan fingerprint density at radius 3 is 3.18 bits per heavy atom. The number of hydrogen-bond donors (Lipinski definition) is 1. The van der Waals surface area contributed by atoms with Gasteiger partial charge in [0.1, 0.15) is 11.9 Å². The van der Waals surface area contributed by atoms with Crippen LogP contribution < -0.4 is 10.1 Å². The van der Waals surface area contributed by atoms with Crippen LogP contribution in [0.4, 0.5) is 5.69 Å². The molecule has 4 heteroatoms. The number of thiophene rings is 1. The molecule has 88 valence electrons. The van der Waals surface area contributed by atoms with Gasteiger partial charge in [-0.3, -0.25) is 0 Å². The van der Waals surface area contributed by atoms with E-state index >= 15 is 0 Å². The van der Waals surface area contributed by atoms with Crippen LogP contribution in [-0.2, 0) is 6.42 Å². The Kier molecular flexibility index (Phi) is 3.07. The van der Waals surface area contributed by atoms with Crippen LogP contribution in [0.1, 0.15) is 5.56 Å². The number of fused-ring (bicyclic) bond motifs is 1. The molecule has 1 atom stereocenters. The molecule has 0 amide bonds. The normalized spacial score (nSPS) is 17.6. The number of rotatable bonds is 3. The average molecular weight is 310 g/mol. The summed E-state index contributed by atoms with van der Waals surface area (Å²) in [4.78, 5) is 0. The fourth-order valence-corrected chi connectivity index (χ4v) is 3.02. The molecule has 3 rings (SSSR count). The Morgan fingerprint density at radius 2 is 2.35 bits per heavy atom. The first-order valence-corrected chi connectivity index (χ1v) is 7.26. The van der Waals surface area contributed by atoms with Gasteiger partial charge < -0.3 is 10.1 Å². The third-order valence-electron chi connectivity index (χ3n) is 2.82. The van der Waals surface area contributed by atoms with Gasteiger partial charge in [-0.2, -0.15) is 11.3 Å². The third-order valence-corrected chi connectivity index (χ3v) is 4.00. The molecule has 0 fully saturated rings. The van der Waals surface area contributed by atoms with E-state index in [1.54, 1.807) is 11.3 Å². The van der Waals surface area contributed by atoms with Crippen molar-refractivity contribution in [3.8, 4) is 5.75 Å². The highest BCUT2D eigenvalue weighted by Gasteiger charge is 2.22. The minimum absolute atomic E-state index is 0.235. The maximum absolute atomic E-state index is 5.88. The summed E-state index contributed by atoms with van der Waals surface area (Å²) in [5.41, 5.74) is 2.47. The minimum atomic E-state index is 0.235. The predicted molar refractivity (Wildman–Crippen MR) is 75.1 cm³/mol. The zero-order chi connectivity index (χ0) is 11.7.